The molecule has 3 aliphatic rings. The maximum absolute atomic E-state index is 12.5. The number of hydrogen-bond donors (Lipinski definition) is 0. The molecule has 0 aromatic rings. The molecule has 3 fully saturated rings. The first-order valence-electron chi connectivity index (χ1n) is 9.59. The summed E-state index contributed by atoms with van der Waals surface area (Å²) in [5.74, 6) is 0.402. The van der Waals surface area contributed by atoms with Crippen LogP contribution in [0.2, 0.25) is 0 Å². The van der Waals surface area contributed by atoms with Gasteiger partial charge in [-0.2, -0.15) is 0 Å². The zero-order chi connectivity index (χ0) is 18.6. The summed E-state index contributed by atoms with van der Waals surface area (Å²) in [6.45, 7) is 12.1. The number of ether oxygens (including phenoxy) is 3. The van der Waals surface area contributed by atoms with E-state index in [0.717, 1.165) is 12.8 Å². The monoisotopic (exact) mass is 352 g/mol. The number of hydrogen-bond acceptors (Lipinski definition) is 5. The fraction of sp³-hybridized carbons (Fsp3) is 0.900. The maximum atomic E-state index is 12.5. The van der Waals surface area contributed by atoms with E-state index in [1.165, 1.54) is 0 Å². The van der Waals surface area contributed by atoms with Crippen LogP contribution in [-0.4, -0.2) is 30.4 Å². The molecule has 1 heterocycles. The van der Waals surface area contributed by atoms with Gasteiger partial charge in [0.25, 0.3) is 0 Å². The summed E-state index contributed by atoms with van der Waals surface area (Å²) >= 11 is 0. The third-order valence-electron chi connectivity index (χ3n) is 6.18. The minimum atomic E-state index is -0.597. The van der Waals surface area contributed by atoms with Gasteiger partial charge in [-0.1, -0.05) is 27.7 Å². The average Bonchev–Trinajstić information content (AvgIpc) is 3.10. The first kappa shape index (κ1) is 18.7. The van der Waals surface area contributed by atoms with Crippen LogP contribution in [0.3, 0.4) is 0 Å². The van der Waals surface area contributed by atoms with Crippen LogP contribution in [0.1, 0.15) is 67.2 Å². The Morgan fingerprint density at radius 3 is 2.52 bits per heavy atom. The van der Waals surface area contributed by atoms with E-state index in [1.807, 2.05) is 20.8 Å². The average molecular weight is 352 g/mol. The molecule has 6 unspecified atom stereocenters. The molecule has 0 radical (unpaired) electrons. The van der Waals surface area contributed by atoms with Crippen LogP contribution < -0.4 is 0 Å². The fourth-order valence-electron chi connectivity index (χ4n) is 4.31. The number of carbonyl (C=O) groups is 2. The Morgan fingerprint density at radius 2 is 1.92 bits per heavy atom. The highest BCUT2D eigenvalue weighted by Gasteiger charge is 2.62. The van der Waals surface area contributed by atoms with E-state index in [1.54, 1.807) is 0 Å². The van der Waals surface area contributed by atoms with E-state index in [2.05, 4.69) is 20.8 Å². The van der Waals surface area contributed by atoms with Gasteiger partial charge in [0.05, 0.1) is 11.3 Å². The zero-order valence-corrected chi connectivity index (χ0v) is 16.3. The first-order chi connectivity index (χ1) is 11.5. The van der Waals surface area contributed by atoms with E-state index in [0.29, 0.717) is 24.7 Å². The van der Waals surface area contributed by atoms with Gasteiger partial charge in [0.2, 0.25) is 6.29 Å². The van der Waals surface area contributed by atoms with Crippen molar-refractivity contribution in [2.45, 2.75) is 85.7 Å². The molecule has 5 nitrogen and oxygen atoms in total. The van der Waals surface area contributed by atoms with Crippen LogP contribution in [0.4, 0.5) is 0 Å². The van der Waals surface area contributed by atoms with Crippen molar-refractivity contribution < 1.29 is 23.8 Å². The Morgan fingerprint density at radius 1 is 1.24 bits per heavy atom. The van der Waals surface area contributed by atoms with Crippen LogP contribution in [0, 0.1) is 28.6 Å². The standard InChI is InChI=1S/C20H32O5/c1-7-20(5,6)18(22)24-14(10-19(2,3)4)23-15-11-8-12-13(9-11)17(21)25-16(12)15/h11-16H,7-10H2,1-6H3. The molecule has 2 saturated carbocycles. The summed E-state index contributed by atoms with van der Waals surface area (Å²) in [6, 6.07) is 0. The van der Waals surface area contributed by atoms with Gasteiger partial charge in [0, 0.05) is 12.3 Å². The summed E-state index contributed by atoms with van der Waals surface area (Å²) < 4.78 is 17.6. The number of esters is 2. The normalized spacial score (nSPS) is 35.0. The second-order valence-corrected chi connectivity index (χ2v) is 9.84. The Balaban J connectivity index is 1.70. The number of rotatable bonds is 6. The Hall–Kier alpha value is -1.10. The van der Waals surface area contributed by atoms with Gasteiger partial charge in [-0.25, -0.2) is 0 Å². The minimum absolute atomic E-state index is 0.0339. The summed E-state index contributed by atoms with van der Waals surface area (Å²) in [5.41, 5.74) is -0.563. The Kier molecular flexibility index (Phi) is 4.68. The van der Waals surface area contributed by atoms with Gasteiger partial charge in [-0.15, -0.1) is 0 Å². The topological polar surface area (TPSA) is 61.8 Å². The molecule has 0 aromatic heterocycles. The van der Waals surface area contributed by atoms with Crippen molar-refractivity contribution in [2.75, 3.05) is 0 Å². The molecule has 0 spiro atoms. The van der Waals surface area contributed by atoms with Gasteiger partial charge in [-0.05, 0) is 44.4 Å². The van der Waals surface area contributed by atoms with Crippen molar-refractivity contribution >= 4 is 11.9 Å². The van der Waals surface area contributed by atoms with E-state index >= 15 is 0 Å². The highest BCUT2D eigenvalue weighted by Crippen LogP contribution is 2.55. The maximum Gasteiger partial charge on any atom is 0.313 e. The minimum Gasteiger partial charge on any atom is -0.459 e. The Bertz CT molecular complexity index is 547. The van der Waals surface area contributed by atoms with Crippen molar-refractivity contribution in [3.63, 3.8) is 0 Å². The van der Waals surface area contributed by atoms with Gasteiger partial charge in [0.15, 0.2) is 0 Å². The lowest BCUT2D eigenvalue weighted by Crippen LogP contribution is -2.41. The molecule has 1 aliphatic heterocycles. The molecular weight excluding hydrogens is 320 g/mol. The van der Waals surface area contributed by atoms with Crippen LogP contribution in [0.5, 0.6) is 0 Å². The second-order valence-electron chi connectivity index (χ2n) is 9.84. The van der Waals surface area contributed by atoms with Crippen molar-refractivity contribution in [1.82, 2.24) is 0 Å². The van der Waals surface area contributed by atoms with Gasteiger partial charge in [-0.3, -0.25) is 9.59 Å². The predicted octanol–water partition coefficient (Wildman–Crippen LogP) is 3.69. The molecule has 0 N–H and O–H groups in total. The Labute approximate surface area is 150 Å². The van der Waals surface area contributed by atoms with Crippen molar-refractivity contribution in [2.24, 2.45) is 28.6 Å². The molecule has 3 rings (SSSR count). The molecule has 142 valence electrons. The number of fused-ring (bicyclic) bond motifs is 1. The third kappa shape index (κ3) is 3.57. The number of carbonyl (C=O) groups excluding carboxylic acids is 2. The lowest BCUT2D eigenvalue weighted by molar-refractivity contribution is -0.219. The van der Waals surface area contributed by atoms with Crippen molar-refractivity contribution in [1.29, 1.82) is 0 Å². The first-order valence-corrected chi connectivity index (χ1v) is 9.59. The van der Waals surface area contributed by atoms with Crippen molar-refractivity contribution in [3.05, 3.63) is 0 Å². The van der Waals surface area contributed by atoms with Gasteiger partial charge >= 0.3 is 11.9 Å². The van der Waals surface area contributed by atoms with E-state index in [-0.39, 0.29) is 35.5 Å². The molecule has 6 atom stereocenters. The van der Waals surface area contributed by atoms with Crippen LogP contribution in [-0.2, 0) is 23.8 Å². The molecule has 0 amide bonds. The summed E-state index contributed by atoms with van der Waals surface area (Å²) in [7, 11) is 0. The van der Waals surface area contributed by atoms with E-state index in [9.17, 15) is 9.59 Å². The predicted molar refractivity (Wildman–Crippen MR) is 92.5 cm³/mol. The second kappa shape index (κ2) is 6.26. The zero-order valence-electron chi connectivity index (χ0n) is 16.3. The fourth-order valence-corrected chi connectivity index (χ4v) is 4.31. The SMILES string of the molecule is CCC(C)(C)C(=O)OC(CC(C)(C)C)OC1C2CC3C(=O)OC1C3C2. The molecular formula is C20H32O5. The summed E-state index contributed by atoms with van der Waals surface area (Å²) in [5, 5.41) is 0. The quantitative estimate of drug-likeness (QED) is 0.539. The van der Waals surface area contributed by atoms with E-state index in [4.69, 9.17) is 14.2 Å². The molecule has 2 aliphatic carbocycles. The summed E-state index contributed by atoms with van der Waals surface area (Å²) in [6.07, 6.45) is 2.28. The van der Waals surface area contributed by atoms with E-state index < -0.39 is 11.7 Å². The lowest BCUT2D eigenvalue weighted by Gasteiger charge is -2.34. The lowest BCUT2D eigenvalue weighted by atomic mass is 9.87. The molecule has 5 heteroatoms. The highest BCUT2D eigenvalue weighted by molar-refractivity contribution is 5.77. The van der Waals surface area contributed by atoms with Crippen LogP contribution in [0.15, 0.2) is 0 Å². The van der Waals surface area contributed by atoms with Crippen LogP contribution >= 0.6 is 0 Å². The smallest absolute Gasteiger partial charge is 0.313 e. The van der Waals surface area contributed by atoms with Crippen LogP contribution in [0.25, 0.3) is 0 Å². The molecule has 0 aromatic carbocycles. The van der Waals surface area contributed by atoms with Gasteiger partial charge < -0.3 is 14.2 Å². The molecule has 1 saturated heterocycles. The largest absolute Gasteiger partial charge is 0.459 e. The van der Waals surface area contributed by atoms with Crippen molar-refractivity contribution in [3.8, 4) is 0 Å². The highest BCUT2D eigenvalue weighted by atomic mass is 16.7. The molecule has 2 bridgehead atoms. The third-order valence-corrected chi connectivity index (χ3v) is 6.18. The molecule has 25 heavy (non-hydrogen) atoms. The van der Waals surface area contributed by atoms with Gasteiger partial charge in [0.1, 0.15) is 12.2 Å². The summed E-state index contributed by atoms with van der Waals surface area (Å²) in [4.78, 5) is 24.5.